The molecule has 0 unspecified atom stereocenters. The first-order valence-corrected chi connectivity index (χ1v) is 10.8. The molecule has 0 fully saturated rings. The van der Waals surface area contributed by atoms with Crippen molar-refractivity contribution in [1.29, 1.82) is 0 Å². The molecule has 2 amide bonds. The maximum Gasteiger partial charge on any atom is 0.242 e. The summed E-state index contributed by atoms with van der Waals surface area (Å²) in [5, 5.41) is 2.93. The van der Waals surface area contributed by atoms with Crippen LogP contribution in [0.2, 0.25) is 0 Å². The molecule has 0 aliphatic rings. The van der Waals surface area contributed by atoms with Crippen molar-refractivity contribution in [3.05, 3.63) is 71.5 Å². The highest BCUT2D eigenvalue weighted by Crippen LogP contribution is 2.16. The van der Waals surface area contributed by atoms with Gasteiger partial charge in [0.05, 0.1) is 5.75 Å². The molecule has 0 aromatic heterocycles. The maximum atomic E-state index is 13.2. The molecule has 156 valence electrons. The lowest BCUT2D eigenvalue weighted by Crippen LogP contribution is -2.52. The first kappa shape index (κ1) is 22.9. The Bertz CT molecular complexity index is 804. The average molecular weight is 417 g/mol. The van der Waals surface area contributed by atoms with Gasteiger partial charge in [-0.05, 0) is 51.0 Å². The van der Waals surface area contributed by atoms with E-state index in [1.54, 1.807) is 24.0 Å². The van der Waals surface area contributed by atoms with Crippen molar-refractivity contribution in [2.24, 2.45) is 0 Å². The van der Waals surface area contributed by atoms with Crippen LogP contribution in [0, 0.1) is 5.82 Å². The Morgan fingerprint density at radius 3 is 2.24 bits per heavy atom. The molecular formula is C23H29FN2O2S. The van der Waals surface area contributed by atoms with Crippen molar-refractivity contribution in [3.8, 4) is 0 Å². The minimum absolute atomic E-state index is 0.119. The van der Waals surface area contributed by atoms with Crippen LogP contribution in [0.15, 0.2) is 54.6 Å². The molecule has 0 radical (unpaired) electrons. The number of thioether (sulfide) groups is 1. The first-order chi connectivity index (χ1) is 13.7. The molecule has 29 heavy (non-hydrogen) atoms. The molecule has 1 atom stereocenters. The van der Waals surface area contributed by atoms with Gasteiger partial charge < -0.3 is 10.2 Å². The van der Waals surface area contributed by atoms with Crippen LogP contribution < -0.4 is 5.32 Å². The second-order valence-electron chi connectivity index (χ2n) is 8.04. The number of hydrogen-bond donors (Lipinski definition) is 1. The molecular weight excluding hydrogens is 387 g/mol. The van der Waals surface area contributed by atoms with Crippen LogP contribution in [-0.4, -0.2) is 34.0 Å². The molecule has 4 nitrogen and oxygen atoms in total. The number of halogens is 1. The fourth-order valence-electron chi connectivity index (χ4n) is 2.76. The fourth-order valence-corrected chi connectivity index (χ4v) is 3.63. The van der Waals surface area contributed by atoms with Gasteiger partial charge in [0.1, 0.15) is 11.9 Å². The fraction of sp³-hybridized carbons (Fsp3) is 0.391. The van der Waals surface area contributed by atoms with Crippen LogP contribution in [0.5, 0.6) is 0 Å². The van der Waals surface area contributed by atoms with Crippen LogP contribution in [0.1, 0.15) is 38.8 Å². The Labute approximate surface area is 176 Å². The van der Waals surface area contributed by atoms with Gasteiger partial charge in [0, 0.05) is 17.8 Å². The van der Waals surface area contributed by atoms with E-state index < -0.39 is 11.6 Å². The zero-order valence-corrected chi connectivity index (χ0v) is 18.3. The first-order valence-electron chi connectivity index (χ1n) is 9.63. The molecule has 0 aliphatic heterocycles. The second-order valence-corrected chi connectivity index (χ2v) is 9.03. The van der Waals surface area contributed by atoms with Crippen molar-refractivity contribution >= 4 is 23.6 Å². The van der Waals surface area contributed by atoms with Gasteiger partial charge >= 0.3 is 0 Å². The molecule has 0 heterocycles. The molecule has 2 aromatic rings. The van der Waals surface area contributed by atoms with Crippen LogP contribution in [0.25, 0.3) is 0 Å². The van der Waals surface area contributed by atoms with Crippen LogP contribution >= 0.6 is 11.8 Å². The van der Waals surface area contributed by atoms with E-state index in [0.29, 0.717) is 0 Å². The Morgan fingerprint density at radius 1 is 1.03 bits per heavy atom. The summed E-state index contributed by atoms with van der Waals surface area (Å²) in [6, 6.07) is 15.3. The van der Waals surface area contributed by atoms with E-state index in [-0.39, 0.29) is 29.9 Å². The molecule has 0 bridgehead atoms. The van der Waals surface area contributed by atoms with Gasteiger partial charge in [-0.2, -0.15) is 0 Å². The normalized spacial score (nSPS) is 12.3. The summed E-state index contributed by atoms with van der Waals surface area (Å²) < 4.78 is 13.2. The number of carbonyl (C=O) groups is 2. The lowest BCUT2D eigenvalue weighted by molar-refractivity contribution is -0.139. The summed E-state index contributed by atoms with van der Waals surface area (Å²) in [6.07, 6.45) is 0. The highest BCUT2D eigenvalue weighted by molar-refractivity contribution is 7.99. The molecule has 6 heteroatoms. The van der Waals surface area contributed by atoms with Crippen LogP contribution in [-0.2, 0) is 21.9 Å². The van der Waals surface area contributed by atoms with Gasteiger partial charge in [-0.15, -0.1) is 11.8 Å². The second kappa shape index (κ2) is 10.4. The van der Waals surface area contributed by atoms with Crippen molar-refractivity contribution in [2.75, 3.05) is 5.75 Å². The van der Waals surface area contributed by atoms with Crippen molar-refractivity contribution in [1.82, 2.24) is 10.2 Å². The number of amides is 2. The molecule has 0 spiro atoms. The number of carbonyl (C=O) groups excluding carboxylic acids is 2. The predicted octanol–water partition coefficient (Wildman–Crippen LogP) is 4.39. The van der Waals surface area contributed by atoms with E-state index in [4.69, 9.17) is 0 Å². The summed E-state index contributed by atoms with van der Waals surface area (Å²) in [6.45, 7) is 7.69. The van der Waals surface area contributed by atoms with Gasteiger partial charge in [0.2, 0.25) is 11.8 Å². The Balaban J connectivity index is 2.08. The Hall–Kier alpha value is -2.34. The van der Waals surface area contributed by atoms with Gasteiger partial charge in [0.15, 0.2) is 0 Å². The number of benzene rings is 2. The molecule has 0 saturated carbocycles. The average Bonchev–Trinajstić information content (AvgIpc) is 2.66. The molecule has 1 N–H and O–H groups in total. The van der Waals surface area contributed by atoms with Crippen LogP contribution in [0.4, 0.5) is 4.39 Å². The zero-order chi connectivity index (χ0) is 21.4. The molecule has 0 aliphatic carbocycles. The number of nitrogens with one attached hydrogen (secondary N) is 1. The van der Waals surface area contributed by atoms with Gasteiger partial charge in [-0.3, -0.25) is 9.59 Å². The van der Waals surface area contributed by atoms with Crippen LogP contribution in [0.3, 0.4) is 0 Å². The van der Waals surface area contributed by atoms with Crippen molar-refractivity contribution in [3.63, 3.8) is 0 Å². The Morgan fingerprint density at radius 2 is 1.66 bits per heavy atom. The number of rotatable bonds is 8. The highest BCUT2D eigenvalue weighted by atomic mass is 32.2. The standard InChI is InChI=1S/C23H29FN2O2S/c1-17(22(28)25-23(2,3)4)26(14-18-10-12-20(24)13-11-18)21(27)16-29-15-19-8-6-5-7-9-19/h5-13,17H,14-16H2,1-4H3,(H,25,28)/t17-/m0/s1. The summed E-state index contributed by atoms with van der Waals surface area (Å²) in [7, 11) is 0. The monoisotopic (exact) mass is 416 g/mol. The number of hydrogen-bond acceptors (Lipinski definition) is 3. The van der Waals surface area contributed by atoms with Crippen molar-refractivity contribution in [2.45, 2.75) is 51.6 Å². The van der Waals surface area contributed by atoms with E-state index in [9.17, 15) is 14.0 Å². The van der Waals surface area contributed by atoms with E-state index >= 15 is 0 Å². The smallest absolute Gasteiger partial charge is 0.242 e. The van der Waals surface area contributed by atoms with E-state index in [1.165, 1.54) is 23.9 Å². The third-order valence-corrected chi connectivity index (χ3v) is 5.26. The summed E-state index contributed by atoms with van der Waals surface area (Å²) in [5.74, 6) is 0.333. The minimum atomic E-state index is -0.635. The Kier molecular flexibility index (Phi) is 8.26. The predicted molar refractivity (Wildman–Crippen MR) is 117 cm³/mol. The lowest BCUT2D eigenvalue weighted by Gasteiger charge is -2.31. The van der Waals surface area contributed by atoms with Gasteiger partial charge in [-0.25, -0.2) is 4.39 Å². The topological polar surface area (TPSA) is 49.4 Å². The molecule has 2 aromatic carbocycles. The summed E-state index contributed by atoms with van der Waals surface area (Å²) in [5.41, 5.74) is 1.54. The number of nitrogens with zero attached hydrogens (tertiary/aromatic N) is 1. The third kappa shape index (κ3) is 7.89. The summed E-state index contributed by atoms with van der Waals surface area (Å²) in [4.78, 5) is 27.2. The summed E-state index contributed by atoms with van der Waals surface area (Å²) >= 11 is 1.52. The van der Waals surface area contributed by atoms with Gasteiger partial charge in [-0.1, -0.05) is 42.5 Å². The quantitative estimate of drug-likeness (QED) is 0.694. The zero-order valence-electron chi connectivity index (χ0n) is 17.4. The third-order valence-electron chi connectivity index (χ3n) is 4.27. The van der Waals surface area contributed by atoms with Crippen molar-refractivity contribution < 1.29 is 14.0 Å². The van der Waals surface area contributed by atoms with E-state index in [2.05, 4.69) is 5.32 Å². The SMILES string of the molecule is C[C@@H](C(=O)NC(C)(C)C)N(Cc1ccc(F)cc1)C(=O)CSCc1ccccc1. The minimum Gasteiger partial charge on any atom is -0.350 e. The molecule has 2 rings (SSSR count). The van der Waals surface area contributed by atoms with E-state index in [0.717, 1.165) is 16.9 Å². The lowest BCUT2D eigenvalue weighted by atomic mass is 10.1. The maximum absolute atomic E-state index is 13.2. The largest absolute Gasteiger partial charge is 0.350 e. The van der Waals surface area contributed by atoms with Gasteiger partial charge in [0.25, 0.3) is 0 Å². The van der Waals surface area contributed by atoms with E-state index in [1.807, 2.05) is 51.1 Å². The highest BCUT2D eigenvalue weighted by Gasteiger charge is 2.28. The molecule has 0 saturated heterocycles.